The van der Waals surface area contributed by atoms with Gasteiger partial charge >= 0.3 is 21.1 Å². The van der Waals surface area contributed by atoms with Crippen molar-refractivity contribution in [2.24, 2.45) is 0 Å². The molecule has 1 atom stereocenters. The van der Waals surface area contributed by atoms with Crippen LogP contribution in [0.1, 0.15) is 0 Å². The van der Waals surface area contributed by atoms with E-state index in [0.29, 0.717) is 0 Å². The fraction of sp³-hybridized carbons (Fsp3) is 1.00. The predicted octanol–water partition coefficient (Wildman–Crippen LogP) is -3.24. The Hall–Kier alpha value is 0.0738. The third-order valence-corrected chi connectivity index (χ3v) is 2.39. The van der Waals surface area contributed by atoms with Crippen LogP contribution in [-0.2, 0) is 13.6 Å². The van der Waals surface area contributed by atoms with Gasteiger partial charge in [0, 0.05) is 6.55 Å². The zero-order chi connectivity index (χ0) is 13.2. The van der Waals surface area contributed by atoms with Gasteiger partial charge in [-0.25, -0.2) is 4.74 Å². The summed E-state index contributed by atoms with van der Waals surface area (Å²) < 4.78 is 12.7. The minimum atomic E-state index is -4.27. The van der Waals surface area contributed by atoms with Gasteiger partial charge in [-0.05, 0) is 13.1 Å². The minimum Gasteiger partial charge on any atom is -0.390 e. The molecule has 0 aliphatic heterocycles. The first-order valence-electron chi connectivity index (χ1n) is 4.25. The zero-order valence-corrected chi connectivity index (χ0v) is 11.1. The van der Waals surface area contributed by atoms with Gasteiger partial charge in [-0.2, -0.15) is 0 Å². The maximum absolute atomic E-state index is 9.46. The van der Waals surface area contributed by atoms with E-state index in [0.717, 1.165) is 6.55 Å². The Morgan fingerprint density at radius 2 is 1.50 bits per heavy atom. The molecule has 0 aliphatic rings. The monoisotopic (exact) mass is 276 g/mol. The average Bonchev–Trinajstić information content (AvgIpc) is 1.69. The van der Waals surface area contributed by atoms with Crippen molar-refractivity contribution in [3.05, 3.63) is 0 Å². The minimum absolute atomic E-state index is 0.848. The van der Waals surface area contributed by atoms with Crippen LogP contribution in [0.5, 0.6) is 0 Å². The third-order valence-electron chi connectivity index (χ3n) is 0.973. The molecule has 9 nitrogen and oxygen atoms in total. The first-order chi connectivity index (χ1) is 6.83. The van der Waals surface area contributed by atoms with E-state index >= 15 is 0 Å². The quantitative estimate of drug-likeness (QED) is 0.217. The van der Waals surface area contributed by atoms with Gasteiger partial charge in [0.2, 0.25) is 0 Å². The molecule has 0 spiro atoms. The molecule has 0 heterocycles. The van der Waals surface area contributed by atoms with Crippen molar-refractivity contribution in [2.45, 2.75) is 32.0 Å². The summed E-state index contributed by atoms with van der Waals surface area (Å²) in [6, 6.07) is 0. The molecule has 0 aromatic heterocycles. The van der Waals surface area contributed by atoms with Crippen molar-refractivity contribution < 1.29 is 43.6 Å². The van der Waals surface area contributed by atoms with Crippen LogP contribution >= 0.6 is 0 Å². The van der Waals surface area contributed by atoms with E-state index in [9.17, 15) is 5.11 Å². The van der Waals surface area contributed by atoms with E-state index in [1.807, 2.05) is 0 Å². The first kappa shape index (κ1) is 16.1. The number of aliphatic hydroxyl groups is 4. The largest absolute Gasteiger partial charge is 0.497 e. The highest BCUT2D eigenvalue weighted by Crippen LogP contribution is 2.20. The Bertz CT molecular complexity index is 203. The van der Waals surface area contributed by atoms with Crippen molar-refractivity contribution in [1.82, 2.24) is 0 Å². The van der Waals surface area contributed by atoms with E-state index < -0.39 is 30.2 Å². The predicted molar refractivity (Wildman–Crippen MR) is 52.5 cm³/mol. The molecule has 98 valence electrons. The van der Waals surface area contributed by atoms with E-state index in [2.05, 4.69) is 13.6 Å². The molecule has 0 amide bonds. The van der Waals surface area contributed by atoms with Crippen molar-refractivity contribution in [2.75, 3.05) is 0 Å². The van der Waals surface area contributed by atoms with E-state index in [4.69, 9.17) is 24.9 Å². The molecule has 0 saturated carbocycles. The van der Waals surface area contributed by atoms with Gasteiger partial charge in [-0.3, -0.25) is 4.43 Å². The molecule has 6 N–H and O–H groups in total. The van der Waals surface area contributed by atoms with Gasteiger partial charge in [0.1, 0.15) is 0 Å². The lowest BCUT2D eigenvalue weighted by atomic mass is 11.0. The maximum Gasteiger partial charge on any atom is 0.497 e. The molecule has 0 aromatic carbocycles. The van der Waals surface area contributed by atoms with Crippen LogP contribution in [0.3, 0.4) is 0 Å². The van der Waals surface area contributed by atoms with E-state index in [1.54, 1.807) is 13.1 Å². The summed E-state index contributed by atoms with van der Waals surface area (Å²) in [7, 11) is -6.28. The number of hydrogen-bond donors (Lipinski definition) is 6. The van der Waals surface area contributed by atoms with Crippen LogP contribution in [-0.4, -0.2) is 60.2 Å². The highest BCUT2D eigenvalue weighted by Gasteiger charge is 2.47. The molecule has 1 unspecified atom stereocenters. The topological polar surface area (TPSA) is 149 Å². The van der Waals surface area contributed by atoms with Crippen LogP contribution in [0, 0.1) is 0 Å². The molecule has 0 bridgehead atoms. The summed E-state index contributed by atoms with van der Waals surface area (Å²) in [5.41, 5.74) is 0. The maximum atomic E-state index is 9.46. The fourth-order valence-corrected chi connectivity index (χ4v) is 2.15. The molecule has 0 radical (unpaired) electrons. The lowest BCUT2D eigenvalue weighted by molar-refractivity contribution is -0.576. The molecule has 0 aliphatic carbocycles. The summed E-state index contributed by atoms with van der Waals surface area (Å²) in [4.78, 5) is 18.0. The Morgan fingerprint density at radius 3 is 1.75 bits per heavy atom. The molecular weight excluding hydrogens is 260 g/mol. The molecular formula is C5H16O9Si2. The second-order valence-electron chi connectivity index (χ2n) is 3.40. The summed E-state index contributed by atoms with van der Waals surface area (Å²) in [5.74, 6) is 0. The number of hydrogen-bond acceptors (Lipinski definition) is 9. The van der Waals surface area contributed by atoms with Gasteiger partial charge in [0.15, 0.2) is 9.04 Å². The van der Waals surface area contributed by atoms with Crippen molar-refractivity contribution in [3.8, 4) is 0 Å². The standard InChI is InChI=1S/C5H16O9Si2/c1-15(2)13-5(9,12-4(6,7)8)14-16(3,10)11/h6-11,15H,1-3H3. The number of ether oxygens (including phenoxy) is 1. The van der Waals surface area contributed by atoms with Gasteiger partial charge in [0.25, 0.3) is 0 Å². The van der Waals surface area contributed by atoms with Crippen LogP contribution in [0.15, 0.2) is 0 Å². The summed E-state index contributed by atoms with van der Waals surface area (Å²) in [6.07, 6.45) is -6.87. The van der Waals surface area contributed by atoms with E-state index in [1.165, 1.54) is 0 Å². The fourth-order valence-electron chi connectivity index (χ4n) is 0.784. The van der Waals surface area contributed by atoms with Gasteiger partial charge < -0.3 is 34.4 Å². The lowest BCUT2D eigenvalue weighted by Gasteiger charge is -2.33. The second kappa shape index (κ2) is 5.15. The zero-order valence-electron chi connectivity index (χ0n) is 8.99. The second-order valence-corrected chi connectivity index (χ2v) is 7.81. The molecule has 0 rings (SSSR count). The Kier molecular flexibility index (Phi) is 5.18. The van der Waals surface area contributed by atoms with Gasteiger partial charge in [-0.1, -0.05) is 0 Å². The molecule has 11 heteroatoms. The molecule has 0 saturated heterocycles. The highest BCUT2D eigenvalue weighted by atomic mass is 28.4. The molecule has 0 aromatic rings. The highest BCUT2D eigenvalue weighted by molar-refractivity contribution is 6.56. The Labute approximate surface area is 94.2 Å². The molecule has 0 fully saturated rings. The first-order valence-corrected chi connectivity index (χ1v) is 9.34. The van der Waals surface area contributed by atoms with Crippen LogP contribution < -0.4 is 0 Å². The van der Waals surface area contributed by atoms with Gasteiger partial charge in [-0.15, -0.1) is 0 Å². The van der Waals surface area contributed by atoms with Gasteiger partial charge in [0.05, 0.1) is 0 Å². The SMILES string of the molecule is C[SiH](C)OC(O)(OC(O)(O)O)O[Si](C)(O)O. The lowest BCUT2D eigenvalue weighted by Crippen LogP contribution is -2.56. The Balaban J connectivity index is 4.75. The summed E-state index contributed by atoms with van der Waals surface area (Å²) >= 11 is 0. The average molecular weight is 276 g/mol. The third kappa shape index (κ3) is 8.25. The van der Waals surface area contributed by atoms with E-state index in [-0.39, 0.29) is 0 Å². The van der Waals surface area contributed by atoms with Crippen molar-refractivity contribution >= 4 is 17.8 Å². The van der Waals surface area contributed by atoms with Crippen molar-refractivity contribution in [1.29, 1.82) is 0 Å². The summed E-state index contributed by atoms with van der Waals surface area (Å²) in [6.45, 7) is 3.96. The summed E-state index contributed by atoms with van der Waals surface area (Å²) in [5, 5.41) is 35.0. The van der Waals surface area contributed by atoms with Crippen LogP contribution in [0.2, 0.25) is 19.6 Å². The normalized spacial score (nSPS) is 17.6. The van der Waals surface area contributed by atoms with Crippen molar-refractivity contribution in [3.63, 3.8) is 0 Å². The number of rotatable bonds is 6. The smallest absolute Gasteiger partial charge is 0.390 e. The molecule has 16 heavy (non-hydrogen) atoms. The van der Waals surface area contributed by atoms with Crippen LogP contribution in [0.4, 0.5) is 0 Å². The van der Waals surface area contributed by atoms with Crippen LogP contribution in [0.25, 0.3) is 0 Å². The Morgan fingerprint density at radius 1 is 1.06 bits per heavy atom.